The Kier molecular flexibility index (Phi) is 5.99. The highest BCUT2D eigenvalue weighted by atomic mass is 16.5. The molecule has 0 radical (unpaired) electrons. The van der Waals surface area contributed by atoms with E-state index < -0.39 is 0 Å². The lowest BCUT2D eigenvalue weighted by atomic mass is 10.2. The van der Waals surface area contributed by atoms with Crippen molar-refractivity contribution in [2.45, 2.75) is 25.7 Å². The maximum Gasteiger partial charge on any atom is 0.248 e. The highest BCUT2D eigenvalue weighted by Crippen LogP contribution is 2.13. The highest BCUT2D eigenvalue weighted by molar-refractivity contribution is 5.77. The molecule has 1 fully saturated rings. The van der Waals surface area contributed by atoms with E-state index in [9.17, 15) is 4.79 Å². The van der Waals surface area contributed by atoms with Gasteiger partial charge in [0.15, 0.2) is 0 Å². The fourth-order valence-electron chi connectivity index (χ4n) is 2.77. The van der Waals surface area contributed by atoms with Crippen molar-refractivity contribution >= 4 is 5.91 Å². The number of ether oxygens (including phenoxy) is 2. The normalized spacial score (nSPS) is 18.4. The van der Waals surface area contributed by atoms with Gasteiger partial charge >= 0.3 is 0 Å². The lowest BCUT2D eigenvalue weighted by Gasteiger charge is -2.20. The van der Waals surface area contributed by atoms with E-state index in [2.05, 4.69) is 0 Å². The van der Waals surface area contributed by atoms with Crippen LogP contribution in [0.3, 0.4) is 0 Å². The number of amides is 1. The van der Waals surface area contributed by atoms with Gasteiger partial charge in [0, 0.05) is 13.1 Å². The van der Waals surface area contributed by atoms with Crippen molar-refractivity contribution in [2.75, 3.05) is 19.8 Å². The average molecular weight is 325 g/mol. The first-order chi connectivity index (χ1) is 11.8. The van der Waals surface area contributed by atoms with Gasteiger partial charge in [-0.1, -0.05) is 60.7 Å². The smallest absolute Gasteiger partial charge is 0.248 e. The Morgan fingerprint density at radius 1 is 1.00 bits per heavy atom. The molecule has 1 heterocycles. The minimum atomic E-state index is -0.0292. The molecule has 1 unspecified atom stereocenters. The van der Waals surface area contributed by atoms with E-state index in [-0.39, 0.29) is 18.6 Å². The molecule has 4 nitrogen and oxygen atoms in total. The second-order valence-corrected chi connectivity index (χ2v) is 6.02. The molecular weight excluding hydrogens is 302 g/mol. The topological polar surface area (TPSA) is 38.8 Å². The fraction of sp³-hybridized carbons (Fsp3) is 0.350. The van der Waals surface area contributed by atoms with Gasteiger partial charge in [-0.05, 0) is 17.5 Å². The molecule has 0 aliphatic carbocycles. The standard InChI is InChI=1S/C20H23NO3/c22-20-16-24-19(15-23-14-18-9-5-2-6-10-18)11-12-21(20)13-17-7-3-1-4-8-17/h1-10,19H,11-16H2. The summed E-state index contributed by atoms with van der Waals surface area (Å²) in [6, 6.07) is 20.1. The minimum Gasteiger partial charge on any atom is -0.374 e. The quantitative estimate of drug-likeness (QED) is 0.819. The summed E-state index contributed by atoms with van der Waals surface area (Å²) in [6.45, 7) is 2.56. The van der Waals surface area contributed by atoms with Crippen LogP contribution in [0.15, 0.2) is 60.7 Å². The van der Waals surface area contributed by atoms with Gasteiger partial charge < -0.3 is 14.4 Å². The molecule has 3 rings (SSSR count). The van der Waals surface area contributed by atoms with Crippen molar-refractivity contribution in [3.8, 4) is 0 Å². The first-order valence-corrected chi connectivity index (χ1v) is 8.36. The van der Waals surface area contributed by atoms with Gasteiger partial charge in [-0.15, -0.1) is 0 Å². The molecule has 1 amide bonds. The molecule has 1 aliphatic heterocycles. The van der Waals surface area contributed by atoms with E-state index in [4.69, 9.17) is 9.47 Å². The number of carbonyl (C=O) groups is 1. The van der Waals surface area contributed by atoms with Crippen LogP contribution in [0.1, 0.15) is 17.5 Å². The van der Waals surface area contributed by atoms with E-state index >= 15 is 0 Å². The molecule has 2 aromatic carbocycles. The monoisotopic (exact) mass is 325 g/mol. The number of benzene rings is 2. The predicted octanol–water partition coefficient (Wildman–Crippen LogP) is 3.02. The first kappa shape index (κ1) is 16.7. The zero-order chi connectivity index (χ0) is 16.6. The second-order valence-electron chi connectivity index (χ2n) is 6.02. The highest BCUT2D eigenvalue weighted by Gasteiger charge is 2.23. The van der Waals surface area contributed by atoms with Crippen molar-refractivity contribution in [3.05, 3.63) is 71.8 Å². The number of carbonyl (C=O) groups excluding carboxylic acids is 1. The van der Waals surface area contributed by atoms with Crippen molar-refractivity contribution in [2.24, 2.45) is 0 Å². The lowest BCUT2D eigenvalue weighted by molar-refractivity contribution is -0.136. The van der Waals surface area contributed by atoms with Crippen LogP contribution in [0, 0.1) is 0 Å². The van der Waals surface area contributed by atoms with Crippen LogP contribution in [-0.4, -0.2) is 36.7 Å². The van der Waals surface area contributed by atoms with E-state index in [1.165, 1.54) is 0 Å². The van der Waals surface area contributed by atoms with Crippen LogP contribution < -0.4 is 0 Å². The molecule has 126 valence electrons. The van der Waals surface area contributed by atoms with Crippen molar-refractivity contribution in [1.29, 1.82) is 0 Å². The molecule has 1 aliphatic rings. The van der Waals surface area contributed by atoms with E-state index in [1.54, 1.807) is 0 Å². The maximum atomic E-state index is 12.2. The number of hydrogen-bond acceptors (Lipinski definition) is 3. The van der Waals surface area contributed by atoms with Crippen LogP contribution in [-0.2, 0) is 27.4 Å². The Labute approximate surface area is 143 Å². The SMILES string of the molecule is O=C1COC(COCc2ccccc2)CCN1Cc1ccccc1. The third kappa shape index (κ3) is 4.91. The van der Waals surface area contributed by atoms with Crippen LogP contribution in [0.4, 0.5) is 0 Å². The van der Waals surface area contributed by atoms with E-state index in [0.717, 1.165) is 17.5 Å². The lowest BCUT2D eigenvalue weighted by Crippen LogP contribution is -2.32. The molecule has 0 aromatic heterocycles. The summed E-state index contributed by atoms with van der Waals surface area (Å²) >= 11 is 0. The molecule has 0 saturated carbocycles. The molecule has 0 bridgehead atoms. The average Bonchev–Trinajstić information content (AvgIpc) is 2.80. The van der Waals surface area contributed by atoms with Gasteiger partial charge in [-0.2, -0.15) is 0 Å². The number of rotatable bonds is 6. The fourth-order valence-corrected chi connectivity index (χ4v) is 2.77. The Morgan fingerprint density at radius 2 is 1.67 bits per heavy atom. The van der Waals surface area contributed by atoms with Gasteiger partial charge in [-0.25, -0.2) is 0 Å². The summed E-state index contributed by atoms with van der Waals surface area (Å²) in [5.74, 6) is 0.0458. The van der Waals surface area contributed by atoms with Crippen LogP contribution in [0.2, 0.25) is 0 Å². The summed E-state index contributed by atoms with van der Waals surface area (Å²) in [5.41, 5.74) is 2.29. The molecule has 1 saturated heterocycles. The predicted molar refractivity (Wildman–Crippen MR) is 92.3 cm³/mol. The third-order valence-electron chi connectivity index (χ3n) is 4.15. The van der Waals surface area contributed by atoms with Gasteiger partial charge in [0.25, 0.3) is 0 Å². The van der Waals surface area contributed by atoms with Gasteiger partial charge in [0.2, 0.25) is 5.91 Å². The summed E-state index contributed by atoms with van der Waals surface area (Å²) in [6.07, 6.45) is 0.770. The molecule has 24 heavy (non-hydrogen) atoms. The Morgan fingerprint density at radius 3 is 2.38 bits per heavy atom. The zero-order valence-electron chi connectivity index (χ0n) is 13.8. The van der Waals surface area contributed by atoms with E-state index in [0.29, 0.717) is 26.3 Å². The number of hydrogen-bond donors (Lipinski definition) is 0. The molecule has 4 heteroatoms. The van der Waals surface area contributed by atoms with Crippen molar-refractivity contribution < 1.29 is 14.3 Å². The number of nitrogens with zero attached hydrogens (tertiary/aromatic N) is 1. The first-order valence-electron chi connectivity index (χ1n) is 8.36. The Bertz CT molecular complexity index is 630. The van der Waals surface area contributed by atoms with Gasteiger partial charge in [0.05, 0.1) is 19.3 Å². The van der Waals surface area contributed by atoms with Crippen molar-refractivity contribution in [1.82, 2.24) is 4.90 Å². The molecule has 1 atom stereocenters. The van der Waals surface area contributed by atoms with Crippen LogP contribution in [0.25, 0.3) is 0 Å². The Balaban J connectivity index is 1.46. The molecule has 2 aromatic rings. The Hall–Kier alpha value is -2.17. The largest absolute Gasteiger partial charge is 0.374 e. The maximum absolute atomic E-state index is 12.2. The van der Waals surface area contributed by atoms with Crippen LogP contribution in [0.5, 0.6) is 0 Å². The summed E-state index contributed by atoms with van der Waals surface area (Å²) in [4.78, 5) is 14.1. The van der Waals surface area contributed by atoms with E-state index in [1.807, 2.05) is 65.6 Å². The molecule has 0 N–H and O–H groups in total. The second kappa shape index (κ2) is 8.62. The van der Waals surface area contributed by atoms with Gasteiger partial charge in [0.1, 0.15) is 6.61 Å². The third-order valence-corrected chi connectivity index (χ3v) is 4.15. The summed E-state index contributed by atoms with van der Waals surface area (Å²) in [5, 5.41) is 0. The zero-order valence-corrected chi connectivity index (χ0v) is 13.8. The van der Waals surface area contributed by atoms with Crippen molar-refractivity contribution in [3.63, 3.8) is 0 Å². The molecule has 0 spiro atoms. The summed E-state index contributed by atoms with van der Waals surface area (Å²) < 4.78 is 11.5. The minimum absolute atomic E-state index is 0.0292. The summed E-state index contributed by atoms with van der Waals surface area (Å²) in [7, 11) is 0. The molecular formula is C20H23NO3. The van der Waals surface area contributed by atoms with Crippen LogP contribution >= 0.6 is 0 Å². The van der Waals surface area contributed by atoms with Gasteiger partial charge in [-0.3, -0.25) is 4.79 Å².